The molecule has 5 rings (SSSR count). The molecule has 2 heterocycles. The molecule has 9 heteroatoms. The second-order valence-electron chi connectivity index (χ2n) is 11.0. The van der Waals surface area contributed by atoms with Gasteiger partial charge in [-0.2, -0.15) is 14.0 Å². The number of anilines is 2. The van der Waals surface area contributed by atoms with E-state index in [2.05, 4.69) is 20.9 Å². The fourth-order valence-electron chi connectivity index (χ4n) is 6.01. The van der Waals surface area contributed by atoms with Gasteiger partial charge in [-0.1, -0.05) is 12.5 Å². The summed E-state index contributed by atoms with van der Waals surface area (Å²) in [7, 11) is 3.72. The largest absolute Gasteiger partial charge is 0.434 e. The summed E-state index contributed by atoms with van der Waals surface area (Å²) in [6, 6.07) is 13.3. The average molecular weight is 536 g/mol. The second kappa shape index (κ2) is 11.2. The van der Waals surface area contributed by atoms with Crippen molar-refractivity contribution in [1.82, 2.24) is 9.55 Å². The minimum absolute atomic E-state index is 0.114. The number of alkyl halides is 2. The number of benzene rings is 1. The van der Waals surface area contributed by atoms with Gasteiger partial charge in [0.05, 0.1) is 11.2 Å². The normalized spacial score (nSPS) is 19.5. The van der Waals surface area contributed by atoms with Crippen molar-refractivity contribution in [1.29, 1.82) is 5.26 Å². The third kappa shape index (κ3) is 5.56. The predicted molar refractivity (Wildman–Crippen MR) is 149 cm³/mol. The van der Waals surface area contributed by atoms with E-state index in [-0.39, 0.29) is 17.4 Å². The molecule has 206 valence electrons. The molecule has 0 bridgehead atoms. The molecule has 0 aliphatic heterocycles. The Morgan fingerprint density at radius 2 is 1.82 bits per heavy atom. The van der Waals surface area contributed by atoms with Crippen molar-refractivity contribution >= 4 is 22.4 Å². The van der Waals surface area contributed by atoms with Crippen LogP contribution in [0.3, 0.4) is 0 Å². The zero-order valence-electron chi connectivity index (χ0n) is 22.7. The minimum atomic E-state index is -2.85. The summed E-state index contributed by atoms with van der Waals surface area (Å²) in [6.07, 6.45) is 7.38. The maximum atomic E-state index is 13.0. The minimum Gasteiger partial charge on any atom is -0.434 e. The number of nitriles is 1. The zero-order valence-corrected chi connectivity index (χ0v) is 22.7. The van der Waals surface area contributed by atoms with E-state index in [1.165, 1.54) is 19.3 Å². The van der Waals surface area contributed by atoms with Crippen molar-refractivity contribution in [3.8, 4) is 11.8 Å². The monoisotopic (exact) mass is 535 g/mol. The number of hydrogen-bond acceptors (Lipinski definition) is 6. The van der Waals surface area contributed by atoms with E-state index < -0.39 is 6.61 Å². The number of aryl methyl sites for hydroxylation is 2. The maximum absolute atomic E-state index is 13.0. The van der Waals surface area contributed by atoms with Crippen LogP contribution in [0.1, 0.15) is 56.2 Å². The Labute approximate surface area is 227 Å². The van der Waals surface area contributed by atoms with Crippen LogP contribution in [0, 0.1) is 24.2 Å². The Morgan fingerprint density at radius 1 is 1.10 bits per heavy atom. The van der Waals surface area contributed by atoms with Crippen molar-refractivity contribution in [3.05, 3.63) is 58.0 Å². The number of ether oxygens (including phenoxy) is 1. The van der Waals surface area contributed by atoms with Gasteiger partial charge >= 0.3 is 6.61 Å². The van der Waals surface area contributed by atoms with Crippen molar-refractivity contribution < 1.29 is 13.5 Å². The van der Waals surface area contributed by atoms with Gasteiger partial charge in [-0.3, -0.25) is 4.79 Å². The second-order valence-corrected chi connectivity index (χ2v) is 11.0. The topological polar surface area (TPSA) is 74.4 Å². The molecule has 0 unspecified atom stereocenters. The van der Waals surface area contributed by atoms with Crippen LogP contribution in [0.2, 0.25) is 0 Å². The summed E-state index contributed by atoms with van der Waals surface area (Å²) in [5.41, 5.74) is 3.93. The Hall–Kier alpha value is -3.67. The lowest BCUT2D eigenvalue weighted by Gasteiger charge is -2.44. The standard InChI is InChI=1S/C30H35F2N5O2/c1-19-7-9-24(15-27(19)39-30(31)32)37(18-20-5-4-6-20)23-12-10-22(11-13-23)35(2)26-16-28(38)36(3)25-14-8-21(17-33)34-29(25)26/h7-9,14-16,20,22-23,30H,4-6,10-13,18H2,1-3H3. The van der Waals surface area contributed by atoms with E-state index in [0.29, 0.717) is 34.3 Å². The van der Waals surface area contributed by atoms with Crippen LogP contribution in [0.4, 0.5) is 20.2 Å². The number of pyridine rings is 2. The molecule has 0 atom stereocenters. The molecule has 7 nitrogen and oxygen atoms in total. The summed E-state index contributed by atoms with van der Waals surface area (Å²) < 4.78 is 32.4. The van der Waals surface area contributed by atoms with Crippen LogP contribution in [-0.2, 0) is 7.05 Å². The Balaban J connectivity index is 1.37. The Kier molecular flexibility index (Phi) is 7.74. The molecule has 0 amide bonds. The molecule has 0 N–H and O–H groups in total. The Morgan fingerprint density at radius 3 is 2.46 bits per heavy atom. The molecular formula is C30H35F2N5O2. The molecular weight excluding hydrogens is 500 g/mol. The van der Waals surface area contributed by atoms with Gasteiger partial charge in [-0.05, 0) is 75.1 Å². The predicted octanol–water partition coefficient (Wildman–Crippen LogP) is 5.77. The van der Waals surface area contributed by atoms with Gasteiger partial charge in [0, 0.05) is 50.5 Å². The SMILES string of the molecule is Cc1ccc(N(CC2CCC2)C2CCC(N(C)c3cc(=O)n(C)c4ccc(C#N)nc34)CC2)cc1OC(F)F. The molecule has 0 saturated heterocycles. The third-order valence-corrected chi connectivity index (χ3v) is 8.62. The molecule has 2 saturated carbocycles. The van der Waals surface area contributed by atoms with E-state index in [0.717, 1.165) is 43.6 Å². The quantitative estimate of drug-likeness (QED) is 0.365. The summed E-state index contributed by atoms with van der Waals surface area (Å²) >= 11 is 0. The number of aromatic nitrogens is 2. The molecule has 2 aliphatic carbocycles. The molecule has 3 aromatic rings. The van der Waals surface area contributed by atoms with Crippen LogP contribution >= 0.6 is 0 Å². The molecule has 2 fully saturated rings. The van der Waals surface area contributed by atoms with Crippen molar-refractivity contribution in [2.45, 2.75) is 70.6 Å². The Bertz CT molecular complexity index is 1440. The van der Waals surface area contributed by atoms with Crippen molar-refractivity contribution in [2.24, 2.45) is 13.0 Å². The van der Waals surface area contributed by atoms with Crippen LogP contribution in [-0.4, -0.2) is 41.8 Å². The summed E-state index contributed by atoms with van der Waals surface area (Å²) in [4.78, 5) is 21.8. The number of nitrogens with zero attached hydrogens (tertiary/aromatic N) is 5. The first kappa shape index (κ1) is 26.9. The lowest BCUT2D eigenvalue weighted by Crippen LogP contribution is -2.46. The molecule has 0 spiro atoms. The molecule has 2 aliphatic rings. The number of fused-ring (bicyclic) bond motifs is 1. The van der Waals surface area contributed by atoms with Crippen molar-refractivity contribution in [3.63, 3.8) is 0 Å². The number of hydrogen-bond donors (Lipinski definition) is 0. The fraction of sp³-hybridized carbons (Fsp3) is 0.500. The third-order valence-electron chi connectivity index (χ3n) is 8.62. The van der Waals surface area contributed by atoms with E-state index >= 15 is 0 Å². The van der Waals surface area contributed by atoms with Crippen LogP contribution < -0.4 is 20.1 Å². The van der Waals surface area contributed by atoms with E-state index in [9.17, 15) is 18.8 Å². The van der Waals surface area contributed by atoms with E-state index in [1.807, 2.05) is 19.2 Å². The van der Waals surface area contributed by atoms with Gasteiger partial charge < -0.3 is 19.1 Å². The van der Waals surface area contributed by atoms with Gasteiger partial charge in [0.1, 0.15) is 23.0 Å². The van der Waals surface area contributed by atoms with Gasteiger partial charge in [-0.15, -0.1) is 0 Å². The van der Waals surface area contributed by atoms with Gasteiger partial charge in [-0.25, -0.2) is 4.98 Å². The van der Waals surface area contributed by atoms with Crippen LogP contribution in [0.25, 0.3) is 11.0 Å². The van der Waals surface area contributed by atoms with Crippen LogP contribution in [0.15, 0.2) is 41.2 Å². The highest BCUT2D eigenvalue weighted by Gasteiger charge is 2.32. The van der Waals surface area contributed by atoms with Crippen molar-refractivity contribution in [2.75, 3.05) is 23.4 Å². The summed E-state index contributed by atoms with van der Waals surface area (Å²) in [5, 5.41) is 9.39. The lowest BCUT2D eigenvalue weighted by molar-refractivity contribution is -0.0502. The highest BCUT2D eigenvalue weighted by molar-refractivity contribution is 5.88. The van der Waals surface area contributed by atoms with Gasteiger partial charge in [0.15, 0.2) is 0 Å². The van der Waals surface area contributed by atoms with Gasteiger partial charge in [0.25, 0.3) is 5.56 Å². The van der Waals surface area contributed by atoms with Gasteiger partial charge in [0.2, 0.25) is 0 Å². The molecule has 0 radical (unpaired) electrons. The van der Waals surface area contributed by atoms with Crippen LogP contribution in [0.5, 0.6) is 5.75 Å². The lowest BCUT2D eigenvalue weighted by atomic mass is 9.83. The summed E-state index contributed by atoms with van der Waals surface area (Å²) in [6.45, 7) is -0.147. The average Bonchev–Trinajstić information content (AvgIpc) is 2.91. The van der Waals surface area contributed by atoms with E-state index in [4.69, 9.17) is 4.74 Å². The molecule has 1 aromatic carbocycles. The summed E-state index contributed by atoms with van der Waals surface area (Å²) in [5.74, 6) is 0.856. The first-order valence-corrected chi connectivity index (χ1v) is 13.7. The number of rotatable bonds is 8. The number of halogens is 2. The first-order chi connectivity index (χ1) is 18.7. The highest BCUT2D eigenvalue weighted by Crippen LogP contribution is 2.37. The maximum Gasteiger partial charge on any atom is 0.387 e. The molecule has 39 heavy (non-hydrogen) atoms. The zero-order chi connectivity index (χ0) is 27.7. The highest BCUT2D eigenvalue weighted by atomic mass is 19.3. The molecule has 2 aromatic heterocycles. The fourth-order valence-corrected chi connectivity index (χ4v) is 6.01. The smallest absolute Gasteiger partial charge is 0.387 e. The first-order valence-electron chi connectivity index (χ1n) is 13.7. The van der Waals surface area contributed by atoms with E-state index in [1.54, 1.807) is 42.8 Å².